The fraction of sp³-hybridized carbons (Fsp3) is 0. The molecule has 12 heterocycles. The average molecular weight is 1880 g/mol. The summed E-state index contributed by atoms with van der Waals surface area (Å²) in [5, 5.41) is 35.2. The lowest BCUT2D eigenvalue weighted by molar-refractivity contribution is 1.02. The van der Waals surface area contributed by atoms with Crippen molar-refractivity contribution in [3.05, 3.63) is 473 Å². The second-order valence-electron chi connectivity index (χ2n) is 39.3. The van der Waals surface area contributed by atoms with Gasteiger partial charge in [0.1, 0.15) is 0 Å². The van der Waals surface area contributed by atoms with Gasteiger partial charge in [0, 0.05) is 146 Å². The lowest BCUT2D eigenvalue weighted by Gasteiger charge is -2.13. The van der Waals surface area contributed by atoms with Crippen molar-refractivity contribution in [1.29, 1.82) is 0 Å². The largest absolute Gasteiger partial charge is 0.307 e. The van der Waals surface area contributed by atoms with Crippen LogP contribution in [0, 0.1) is 0 Å². The van der Waals surface area contributed by atoms with Crippen molar-refractivity contribution in [2.75, 3.05) is 0 Å². The molecule has 682 valence electrons. The highest BCUT2D eigenvalue weighted by molar-refractivity contribution is 6.40. The van der Waals surface area contributed by atoms with Gasteiger partial charge in [0.05, 0.1) is 116 Å². The number of rotatable bonds is 7. The lowest BCUT2D eigenvalue weighted by Crippen LogP contribution is -2.04. The molecule has 0 radical (unpaired) electrons. The third-order valence-electron chi connectivity index (χ3n) is 31.7. The SMILES string of the molecule is c1ccc(-c2ccc(-c3nc(-n4c5ccccc5c5cc6c7ccc8ccccc8c7n7c8ccccc8c(c54)c67)nc4ccccc34)cc2)cc1.c1ccc(-c2nc(-n3c4ccccc4c4cc5c6ccc7ccccc7c6n6c7ccccc7c(c43)c56)nc3ccccc23)cc1.c1ccc2c(-c3nc(-n4c5ccccc5c5cc6c7ccc8ccccc8c7n7c8ccccc8c(c54)c67)nc4ccccc34)cccc2c1. The Balaban J connectivity index is 0.0000000968. The molecule has 0 unspecified atom stereocenters. The van der Waals surface area contributed by atoms with Crippen molar-refractivity contribution in [2.45, 2.75) is 0 Å². The Morgan fingerprint density at radius 1 is 0.135 bits per heavy atom. The van der Waals surface area contributed by atoms with Gasteiger partial charge in [-0.3, -0.25) is 13.7 Å². The fourth-order valence-corrected chi connectivity index (χ4v) is 25.5. The molecule has 0 saturated heterocycles. The molecule has 23 aromatic carbocycles. The van der Waals surface area contributed by atoms with Crippen LogP contribution in [0.15, 0.2) is 473 Å². The molecule has 148 heavy (non-hydrogen) atoms. The highest BCUT2D eigenvalue weighted by Crippen LogP contribution is 2.54. The maximum absolute atomic E-state index is 5.52. The molecule has 0 atom stereocenters. The van der Waals surface area contributed by atoms with Gasteiger partial charge in [0.15, 0.2) is 0 Å². The van der Waals surface area contributed by atoms with Crippen molar-refractivity contribution < 1.29 is 0 Å². The third kappa shape index (κ3) is 11.3. The zero-order valence-corrected chi connectivity index (χ0v) is 79.4. The maximum atomic E-state index is 5.52. The molecule has 0 aliphatic rings. The van der Waals surface area contributed by atoms with Crippen molar-refractivity contribution in [2.24, 2.45) is 0 Å². The summed E-state index contributed by atoms with van der Waals surface area (Å²) in [7, 11) is 0. The van der Waals surface area contributed by atoms with Gasteiger partial charge in [0.2, 0.25) is 17.8 Å². The van der Waals surface area contributed by atoms with Gasteiger partial charge >= 0.3 is 0 Å². The van der Waals surface area contributed by atoms with Crippen LogP contribution < -0.4 is 0 Å². The van der Waals surface area contributed by atoms with Crippen LogP contribution in [0.2, 0.25) is 0 Å². The van der Waals surface area contributed by atoms with Crippen LogP contribution in [0.1, 0.15) is 0 Å². The number of para-hydroxylation sites is 9. The first-order valence-corrected chi connectivity index (χ1v) is 50.6. The minimum atomic E-state index is 0.667. The molecule has 12 aromatic heterocycles. The van der Waals surface area contributed by atoms with Crippen LogP contribution in [-0.2, 0) is 0 Å². The molecule has 0 amide bonds. The first-order chi connectivity index (χ1) is 73.5. The van der Waals surface area contributed by atoms with Gasteiger partial charge in [-0.15, -0.1) is 0 Å². The van der Waals surface area contributed by atoms with E-state index in [1.807, 2.05) is 6.07 Å². The first kappa shape index (κ1) is 80.6. The van der Waals surface area contributed by atoms with Gasteiger partial charge in [0.25, 0.3) is 0 Å². The molecule has 0 aliphatic heterocycles. The molecule has 0 saturated carbocycles. The predicted octanol–water partition coefficient (Wildman–Crippen LogP) is 34.9. The second kappa shape index (κ2) is 30.7. The number of hydrogen-bond acceptors (Lipinski definition) is 6. The topological polar surface area (TPSA) is 105 Å². The van der Waals surface area contributed by atoms with Crippen LogP contribution >= 0.6 is 0 Å². The third-order valence-corrected chi connectivity index (χ3v) is 31.7. The molecule has 35 aromatic rings. The van der Waals surface area contributed by atoms with Gasteiger partial charge in [-0.1, -0.05) is 400 Å². The fourth-order valence-electron chi connectivity index (χ4n) is 25.5. The van der Waals surface area contributed by atoms with Crippen molar-refractivity contribution in [3.8, 4) is 62.7 Å². The minimum Gasteiger partial charge on any atom is -0.307 e. The van der Waals surface area contributed by atoms with E-state index in [1.54, 1.807) is 0 Å². The highest BCUT2D eigenvalue weighted by atomic mass is 15.2. The van der Waals surface area contributed by atoms with E-state index < -0.39 is 0 Å². The molecule has 0 bridgehead atoms. The van der Waals surface area contributed by atoms with Crippen LogP contribution in [0.4, 0.5) is 0 Å². The molecular weight excluding hydrogens is 1800 g/mol. The standard InChI is InChI=1S/C48H28N4.C46H26N4.C42H24N4/c1-2-12-29(13-3-1)30-22-24-32(25-23-30)44-36-17-6-9-19-40(36)49-48(50-44)52-41-20-10-7-16-34(41)38-28-39-35-27-26-31-14-4-5-15-33(31)45(35)51-42-21-11-8-18-37(42)43(46(39)51)47(38)52;1-3-15-29-27(12-1)14-11-20-32(29)42-34-18-5-8-21-38(34)47-46(48-42)50-39-22-9-6-17-31(39)36-26-37-33-25-24-28-13-2-4-16-30(28)43(33)49-40-23-10-7-19-35(40)41(44(37)49)45(36)50;1-2-13-26(14-3-1)38-30-17-6-9-19-34(30)43-42(44-38)46-35-20-10-7-16-28(35)32-24-33-29-23-22-25-12-4-5-15-27(25)39(29)45-36-21-11-8-18-31(36)37(40(33)45)41(32)46/h1-28H;1-26H;1-24H. The number of hydrogen-bond donors (Lipinski definition) is 0. The van der Waals surface area contributed by atoms with E-state index in [2.05, 4.69) is 494 Å². The molecule has 0 fully saturated rings. The summed E-state index contributed by atoms with van der Waals surface area (Å²) in [4.78, 5) is 32.3. The summed E-state index contributed by atoms with van der Waals surface area (Å²) in [5.41, 5.74) is 29.0. The molecule has 35 rings (SSSR count). The Bertz CT molecular complexity index is 11900. The number of benzene rings is 23. The number of nitrogens with zero attached hydrogens (tertiary/aromatic N) is 12. The predicted molar refractivity (Wildman–Crippen MR) is 617 cm³/mol. The molecule has 12 heteroatoms. The van der Waals surface area contributed by atoms with Gasteiger partial charge in [-0.05, 0) is 111 Å². The Kier molecular flexibility index (Phi) is 16.7. The second-order valence-corrected chi connectivity index (χ2v) is 39.3. The van der Waals surface area contributed by atoms with Crippen LogP contribution in [0.5, 0.6) is 0 Å². The lowest BCUT2D eigenvalue weighted by atomic mass is 9.99. The van der Waals surface area contributed by atoms with Crippen LogP contribution in [0.25, 0.3) is 318 Å². The summed E-state index contributed by atoms with van der Waals surface area (Å²) < 4.78 is 14.4. The summed E-state index contributed by atoms with van der Waals surface area (Å²) in [6.45, 7) is 0. The van der Waals surface area contributed by atoms with E-state index in [4.69, 9.17) is 29.9 Å². The van der Waals surface area contributed by atoms with Crippen molar-refractivity contribution >= 4 is 256 Å². The maximum Gasteiger partial charge on any atom is 0.235 e. The van der Waals surface area contributed by atoms with E-state index in [0.29, 0.717) is 17.8 Å². The van der Waals surface area contributed by atoms with E-state index in [-0.39, 0.29) is 0 Å². The Morgan fingerprint density at radius 3 is 0.770 bits per heavy atom. The Labute approximate surface area is 842 Å². The quantitative estimate of drug-likeness (QED) is 0.157. The average Bonchev–Trinajstić information content (AvgIpc) is 1.52. The van der Waals surface area contributed by atoms with Gasteiger partial charge in [-0.25, -0.2) is 29.9 Å². The first-order valence-electron chi connectivity index (χ1n) is 50.6. The summed E-state index contributed by atoms with van der Waals surface area (Å²) >= 11 is 0. The van der Waals surface area contributed by atoms with E-state index in [1.165, 1.54) is 201 Å². The molecule has 12 nitrogen and oxygen atoms in total. The van der Waals surface area contributed by atoms with E-state index in [9.17, 15) is 0 Å². The molecule has 0 aliphatic carbocycles. The summed E-state index contributed by atoms with van der Waals surface area (Å²) in [6.07, 6.45) is 0. The van der Waals surface area contributed by atoms with Gasteiger partial charge < -0.3 is 13.2 Å². The van der Waals surface area contributed by atoms with Gasteiger partial charge in [-0.2, -0.15) is 0 Å². The van der Waals surface area contributed by atoms with E-state index >= 15 is 0 Å². The number of aromatic nitrogens is 12. The Morgan fingerprint density at radius 2 is 0.392 bits per heavy atom. The highest BCUT2D eigenvalue weighted by Gasteiger charge is 2.33. The molecular formula is C136H78N12. The van der Waals surface area contributed by atoms with E-state index in [0.717, 1.165) is 99.6 Å². The smallest absolute Gasteiger partial charge is 0.235 e. The summed E-state index contributed by atoms with van der Waals surface area (Å²) in [6, 6.07) is 170. The van der Waals surface area contributed by atoms with Crippen LogP contribution in [-0.4, -0.2) is 56.8 Å². The normalized spacial score (nSPS) is 12.3. The molecule has 0 spiro atoms. The number of fused-ring (bicyclic) bond motifs is 40. The Hall–Kier alpha value is -20.1. The van der Waals surface area contributed by atoms with Crippen molar-refractivity contribution in [3.63, 3.8) is 0 Å². The summed E-state index contributed by atoms with van der Waals surface area (Å²) in [5.74, 6) is 2.02. The van der Waals surface area contributed by atoms with Crippen molar-refractivity contribution in [1.82, 2.24) is 56.8 Å². The zero-order valence-electron chi connectivity index (χ0n) is 79.4. The van der Waals surface area contributed by atoms with Crippen LogP contribution in [0.3, 0.4) is 0 Å². The minimum absolute atomic E-state index is 0.667. The zero-order chi connectivity index (χ0) is 96.3. The monoisotopic (exact) mass is 1880 g/mol. The molecule has 0 N–H and O–H groups in total.